The number of amides is 1. The van der Waals surface area contributed by atoms with Crippen LogP contribution in [0.25, 0.3) is 0 Å². The molecule has 1 amide bonds. The SMILES string of the molecule is CCNC(C)C1CCCCN1S(=O)(=O)NC(=O)OC. The van der Waals surface area contributed by atoms with E-state index in [1.807, 2.05) is 18.6 Å². The van der Waals surface area contributed by atoms with E-state index in [-0.39, 0.29) is 12.1 Å². The number of hydrogen-bond acceptors (Lipinski definition) is 5. The summed E-state index contributed by atoms with van der Waals surface area (Å²) in [6.07, 6.45) is 1.62. The van der Waals surface area contributed by atoms with Crippen LogP contribution >= 0.6 is 0 Å². The molecule has 0 radical (unpaired) electrons. The molecule has 0 aromatic rings. The molecular weight excluding hydrogens is 270 g/mol. The van der Waals surface area contributed by atoms with E-state index in [1.54, 1.807) is 0 Å². The number of carbonyl (C=O) groups is 1. The van der Waals surface area contributed by atoms with Gasteiger partial charge >= 0.3 is 16.3 Å². The minimum absolute atomic E-state index is 0.0412. The topological polar surface area (TPSA) is 87.7 Å². The molecule has 0 saturated carbocycles. The largest absolute Gasteiger partial charge is 0.452 e. The third-order valence-electron chi connectivity index (χ3n) is 3.31. The van der Waals surface area contributed by atoms with Crippen molar-refractivity contribution in [3.63, 3.8) is 0 Å². The Morgan fingerprint density at radius 3 is 2.74 bits per heavy atom. The number of nitrogens with one attached hydrogen (secondary N) is 2. The molecule has 1 aliphatic heterocycles. The second-order valence-electron chi connectivity index (χ2n) is 4.62. The van der Waals surface area contributed by atoms with Crippen molar-refractivity contribution in [1.29, 1.82) is 0 Å². The average Bonchev–Trinajstić information content (AvgIpc) is 2.38. The molecule has 8 heteroatoms. The lowest BCUT2D eigenvalue weighted by Crippen LogP contribution is -2.56. The molecule has 1 rings (SSSR count). The molecule has 2 atom stereocenters. The third kappa shape index (κ3) is 4.32. The van der Waals surface area contributed by atoms with E-state index in [0.717, 1.165) is 32.9 Å². The van der Waals surface area contributed by atoms with Gasteiger partial charge in [-0.25, -0.2) is 9.52 Å². The second kappa shape index (κ2) is 7.06. The standard InChI is InChI=1S/C11H23N3O4S/c1-4-12-9(2)10-7-5-6-8-14(10)19(16,17)13-11(15)18-3/h9-10,12H,4-8H2,1-3H3,(H,13,15). The first-order chi connectivity index (χ1) is 8.92. The Kier molecular flexibility index (Phi) is 6.02. The van der Waals surface area contributed by atoms with E-state index in [2.05, 4.69) is 10.1 Å². The van der Waals surface area contributed by atoms with E-state index >= 15 is 0 Å². The van der Waals surface area contributed by atoms with Crippen molar-refractivity contribution in [3.05, 3.63) is 0 Å². The molecule has 112 valence electrons. The summed E-state index contributed by atoms with van der Waals surface area (Å²) in [7, 11) is -2.70. The summed E-state index contributed by atoms with van der Waals surface area (Å²) in [6, 6.07) is -0.102. The molecule has 1 fully saturated rings. The molecule has 1 heterocycles. The van der Waals surface area contributed by atoms with Gasteiger partial charge in [-0.2, -0.15) is 12.7 Å². The van der Waals surface area contributed by atoms with Crippen molar-refractivity contribution in [2.75, 3.05) is 20.2 Å². The summed E-state index contributed by atoms with van der Waals surface area (Å²) in [6.45, 7) is 5.13. The Morgan fingerprint density at radius 2 is 2.16 bits per heavy atom. The summed E-state index contributed by atoms with van der Waals surface area (Å²) in [5.41, 5.74) is 0. The third-order valence-corrected chi connectivity index (χ3v) is 4.80. The zero-order valence-electron chi connectivity index (χ0n) is 11.7. The average molecular weight is 293 g/mol. The van der Waals surface area contributed by atoms with Crippen LogP contribution in [0.1, 0.15) is 33.1 Å². The summed E-state index contributed by atoms with van der Waals surface area (Å²) in [5, 5.41) is 3.23. The quantitative estimate of drug-likeness (QED) is 0.768. The van der Waals surface area contributed by atoms with Gasteiger partial charge in [0.05, 0.1) is 7.11 Å². The van der Waals surface area contributed by atoms with Gasteiger partial charge < -0.3 is 10.1 Å². The van der Waals surface area contributed by atoms with Crippen LogP contribution in [0, 0.1) is 0 Å². The molecule has 2 unspecified atom stereocenters. The molecule has 0 aromatic heterocycles. The molecule has 7 nitrogen and oxygen atoms in total. The molecular formula is C11H23N3O4S. The number of piperidine rings is 1. The number of likely N-dealkylation sites (N-methyl/N-ethyl adjacent to an activating group) is 1. The number of carbonyl (C=O) groups excluding carboxylic acids is 1. The zero-order valence-corrected chi connectivity index (χ0v) is 12.5. The normalized spacial score (nSPS) is 22.8. The highest BCUT2D eigenvalue weighted by molar-refractivity contribution is 7.87. The fourth-order valence-corrected chi connectivity index (χ4v) is 3.82. The monoisotopic (exact) mass is 293 g/mol. The van der Waals surface area contributed by atoms with Crippen LogP contribution in [-0.2, 0) is 14.9 Å². The predicted molar refractivity (Wildman–Crippen MR) is 71.9 cm³/mol. The van der Waals surface area contributed by atoms with Crippen LogP contribution in [0.5, 0.6) is 0 Å². The maximum absolute atomic E-state index is 12.2. The van der Waals surface area contributed by atoms with Crippen LogP contribution in [-0.4, -0.2) is 51.1 Å². The maximum atomic E-state index is 12.2. The second-order valence-corrected chi connectivity index (χ2v) is 6.24. The summed E-state index contributed by atoms with van der Waals surface area (Å²) in [4.78, 5) is 11.1. The first-order valence-electron chi connectivity index (χ1n) is 6.53. The van der Waals surface area contributed by atoms with Gasteiger partial charge in [-0.1, -0.05) is 13.3 Å². The van der Waals surface area contributed by atoms with E-state index < -0.39 is 16.3 Å². The van der Waals surface area contributed by atoms with Crippen molar-refractivity contribution < 1.29 is 17.9 Å². The van der Waals surface area contributed by atoms with Gasteiger partial charge in [-0.3, -0.25) is 0 Å². The van der Waals surface area contributed by atoms with E-state index in [4.69, 9.17) is 0 Å². The van der Waals surface area contributed by atoms with Gasteiger partial charge in [0.25, 0.3) is 0 Å². The van der Waals surface area contributed by atoms with Gasteiger partial charge in [-0.15, -0.1) is 0 Å². The van der Waals surface area contributed by atoms with Crippen LogP contribution in [0.15, 0.2) is 0 Å². The lowest BCUT2D eigenvalue weighted by Gasteiger charge is -2.37. The fraction of sp³-hybridized carbons (Fsp3) is 0.909. The molecule has 0 aliphatic carbocycles. The summed E-state index contributed by atoms with van der Waals surface area (Å²) in [5.74, 6) is 0. The Hall–Kier alpha value is -0.860. The van der Waals surface area contributed by atoms with Gasteiger partial charge in [0, 0.05) is 18.6 Å². The first kappa shape index (κ1) is 16.2. The molecule has 1 aliphatic rings. The Balaban J connectivity index is 2.83. The Morgan fingerprint density at radius 1 is 1.47 bits per heavy atom. The van der Waals surface area contributed by atoms with Gasteiger partial charge in [-0.05, 0) is 26.3 Å². The molecule has 0 bridgehead atoms. The minimum Gasteiger partial charge on any atom is -0.452 e. The molecule has 0 spiro atoms. The van der Waals surface area contributed by atoms with E-state index in [1.165, 1.54) is 4.31 Å². The van der Waals surface area contributed by atoms with Crippen LogP contribution in [0.4, 0.5) is 4.79 Å². The highest BCUT2D eigenvalue weighted by atomic mass is 32.2. The number of methoxy groups -OCH3 is 1. The molecule has 0 aromatic carbocycles. The fourth-order valence-electron chi connectivity index (χ4n) is 2.39. The molecule has 19 heavy (non-hydrogen) atoms. The number of hydrogen-bond donors (Lipinski definition) is 2. The lowest BCUT2D eigenvalue weighted by molar-refractivity contribution is 0.173. The van der Waals surface area contributed by atoms with Gasteiger partial charge in [0.1, 0.15) is 0 Å². The van der Waals surface area contributed by atoms with Crippen molar-refractivity contribution in [3.8, 4) is 0 Å². The van der Waals surface area contributed by atoms with Crippen LogP contribution in [0.3, 0.4) is 0 Å². The van der Waals surface area contributed by atoms with Crippen molar-refractivity contribution in [1.82, 2.24) is 14.3 Å². The zero-order chi connectivity index (χ0) is 14.5. The van der Waals surface area contributed by atoms with Gasteiger partial charge in [0.15, 0.2) is 0 Å². The van der Waals surface area contributed by atoms with Gasteiger partial charge in [0.2, 0.25) is 0 Å². The van der Waals surface area contributed by atoms with Crippen LogP contribution in [0.2, 0.25) is 0 Å². The smallest absolute Gasteiger partial charge is 0.421 e. The highest BCUT2D eigenvalue weighted by Crippen LogP contribution is 2.22. The van der Waals surface area contributed by atoms with Crippen molar-refractivity contribution in [2.45, 2.75) is 45.2 Å². The Bertz CT molecular complexity index is 399. The van der Waals surface area contributed by atoms with Crippen molar-refractivity contribution in [2.24, 2.45) is 0 Å². The van der Waals surface area contributed by atoms with E-state index in [0.29, 0.717) is 6.54 Å². The predicted octanol–water partition coefficient (Wildman–Crippen LogP) is 0.440. The molecule has 1 saturated heterocycles. The number of nitrogens with zero attached hydrogens (tertiary/aromatic N) is 1. The first-order valence-corrected chi connectivity index (χ1v) is 7.97. The van der Waals surface area contributed by atoms with E-state index in [9.17, 15) is 13.2 Å². The van der Waals surface area contributed by atoms with Crippen LogP contribution < -0.4 is 10.0 Å². The molecule has 2 N–H and O–H groups in total. The summed E-state index contributed by atoms with van der Waals surface area (Å²) < 4.78 is 31.9. The number of ether oxygens (including phenoxy) is 1. The Labute approximate surface area is 114 Å². The highest BCUT2D eigenvalue weighted by Gasteiger charge is 2.36. The summed E-state index contributed by atoms with van der Waals surface area (Å²) >= 11 is 0. The minimum atomic E-state index is -3.84. The maximum Gasteiger partial charge on any atom is 0.421 e. The van der Waals surface area contributed by atoms with Crippen molar-refractivity contribution >= 4 is 16.3 Å². The number of rotatable bonds is 5. The lowest BCUT2D eigenvalue weighted by atomic mass is 9.99.